The maximum atomic E-state index is 13.4. The number of hydrogen-bond donors (Lipinski definition) is 6. The molecule has 0 spiro atoms. The number of aliphatic hydroxyl groups is 3. The summed E-state index contributed by atoms with van der Waals surface area (Å²) in [6.07, 6.45) is 1.82. The summed E-state index contributed by atoms with van der Waals surface area (Å²) < 4.78 is 10.7. The van der Waals surface area contributed by atoms with E-state index in [1.165, 1.54) is 12.2 Å². The molecular weight excluding hydrogens is 474 g/mol. The first kappa shape index (κ1) is 25.1. The highest BCUT2D eigenvalue weighted by molar-refractivity contribution is 6.04. The first-order valence-corrected chi connectivity index (χ1v) is 10.8. The predicted molar refractivity (Wildman–Crippen MR) is 122 cm³/mol. The van der Waals surface area contributed by atoms with Gasteiger partial charge in [0.1, 0.15) is 5.54 Å². The maximum absolute atomic E-state index is 13.4. The summed E-state index contributed by atoms with van der Waals surface area (Å²) in [6.45, 7) is -2.19. The van der Waals surface area contributed by atoms with Gasteiger partial charge < -0.3 is 40.3 Å². The van der Waals surface area contributed by atoms with Crippen LogP contribution in [0.5, 0.6) is 17.2 Å². The van der Waals surface area contributed by atoms with Gasteiger partial charge in [-0.15, -0.1) is 0 Å². The Hall–Kier alpha value is -4.03. The molecule has 4 rings (SSSR count). The molecule has 0 amide bonds. The molecule has 2 aromatic rings. The molecule has 1 heterocycles. The van der Waals surface area contributed by atoms with Gasteiger partial charge in [-0.25, -0.2) is 0 Å². The number of rotatable bonds is 8. The fourth-order valence-electron chi connectivity index (χ4n) is 3.94. The van der Waals surface area contributed by atoms with Gasteiger partial charge in [-0.1, -0.05) is 36.4 Å². The Morgan fingerprint density at radius 1 is 1.03 bits per heavy atom. The monoisotopic (exact) mass is 497 g/mol. The van der Waals surface area contributed by atoms with E-state index in [2.05, 4.69) is 5.32 Å². The van der Waals surface area contributed by atoms with Gasteiger partial charge in [0.05, 0.1) is 18.9 Å². The van der Waals surface area contributed by atoms with Crippen LogP contribution in [0.4, 0.5) is 0 Å². The Kier molecular flexibility index (Phi) is 6.65. The minimum absolute atomic E-state index is 0.181. The number of hydrogen-bond acceptors (Lipinski definition) is 11. The molecule has 2 atom stereocenters. The zero-order valence-corrected chi connectivity index (χ0v) is 18.7. The van der Waals surface area contributed by atoms with Gasteiger partial charge in [0.15, 0.2) is 35.8 Å². The molecule has 2 unspecified atom stereocenters. The smallest absolute Gasteiger partial charge is 0.273 e. The van der Waals surface area contributed by atoms with Crippen molar-refractivity contribution in [2.24, 2.45) is 0 Å². The molecule has 0 saturated carbocycles. The molecule has 0 aromatic heterocycles. The summed E-state index contributed by atoms with van der Waals surface area (Å²) in [5, 5.41) is 54.2. The summed E-state index contributed by atoms with van der Waals surface area (Å²) >= 11 is 0. The lowest BCUT2D eigenvalue weighted by molar-refractivity contribution is -0.229. The lowest BCUT2D eigenvalue weighted by Gasteiger charge is -2.49. The van der Waals surface area contributed by atoms with E-state index in [9.17, 15) is 39.9 Å². The van der Waals surface area contributed by atoms with Crippen LogP contribution in [-0.2, 0) is 9.53 Å². The van der Waals surface area contributed by atoms with Crippen LogP contribution >= 0.6 is 0 Å². The first-order valence-electron chi connectivity index (χ1n) is 10.8. The summed E-state index contributed by atoms with van der Waals surface area (Å²) in [5.74, 6) is -6.70. The molecule has 11 heteroatoms. The number of aromatic hydroxyl groups is 2. The van der Waals surface area contributed by atoms with Crippen LogP contribution < -0.4 is 10.1 Å². The van der Waals surface area contributed by atoms with Crippen LogP contribution in [0.15, 0.2) is 66.4 Å². The quantitative estimate of drug-likeness (QED) is 0.269. The molecule has 6 N–H and O–H groups in total. The molecule has 1 aliphatic heterocycles. The van der Waals surface area contributed by atoms with E-state index in [-0.39, 0.29) is 11.3 Å². The number of ether oxygens (including phenoxy) is 2. The number of fused-ring (bicyclic) bond motifs is 1. The van der Waals surface area contributed by atoms with Crippen LogP contribution in [0.3, 0.4) is 0 Å². The standard InChI is InChI=1S/C25H23NO10/c27-12-24(13-28)23(36-25(34)19(26-24)7-4-8-20(25)32)21(33)15-9-16(29)22(17(30)10-15)35-11-18(31)14-5-2-1-3-6-14/h1-10,23,26-30,34H,11-13H2. The molecular formula is C25H23NO10. The summed E-state index contributed by atoms with van der Waals surface area (Å²) in [5.41, 5.74) is -2.03. The van der Waals surface area contributed by atoms with Gasteiger partial charge in [-0.05, 0) is 24.3 Å². The van der Waals surface area contributed by atoms with Crippen LogP contribution in [0.2, 0.25) is 0 Å². The number of allylic oxidation sites excluding steroid dienone is 2. The number of nitrogens with one attached hydrogen (secondary N) is 1. The van der Waals surface area contributed by atoms with E-state index in [1.807, 2.05) is 0 Å². The Bertz CT molecular complexity index is 1240. The number of benzene rings is 2. The molecule has 2 aliphatic rings. The SMILES string of the molecule is O=C(COc1c(O)cc(C(=O)C2OC3(O)C(=O)C=CC=C3NC2(CO)CO)cc1O)c1ccccc1. The van der Waals surface area contributed by atoms with Crippen molar-refractivity contribution in [1.82, 2.24) is 5.32 Å². The minimum atomic E-state index is -2.58. The number of ketones is 3. The third-order valence-electron chi connectivity index (χ3n) is 5.96. The summed E-state index contributed by atoms with van der Waals surface area (Å²) in [4.78, 5) is 37.9. The van der Waals surface area contributed by atoms with Gasteiger partial charge in [0.25, 0.3) is 5.79 Å². The van der Waals surface area contributed by atoms with Crippen LogP contribution in [0, 0.1) is 0 Å². The van der Waals surface area contributed by atoms with Crippen LogP contribution in [-0.4, -0.2) is 80.1 Å². The average Bonchev–Trinajstić information content (AvgIpc) is 2.88. The number of morpholine rings is 1. The number of Topliss-reactive ketones (excluding diaryl/α,β-unsaturated/α-hetero) is 2. The number of phenols is 2. The largest absolute Gasteiger partial charge is 0.504 e. The van der Waals surface area contributed by atoms with Crippen molar-refractivity contribution >= 4 is 17.3 Å². The van der Waals surface area contributed by atoms with Gasteiger partial charge in [0.2, 0.25) is 11.5 Å². The highest BCUT2D eigenvalue weighted by atomic mass is 16.6. The molecule has 11 nitrogen and oxygen atoms in total. The molecule has 188 valence electrons. The second-order valence-electron chi connectivity index (χ2n) is 8.33. The number of aliphatic hydroxyl groups excluding tert-OH is 2. The maximum Gasteiger partial charge on any atom is 0.273 e. The molecule has 0 bridgehead atoms. The highest BCUT2D eigenvalue weighted by Gasteiger charge is 2.58. The first-order chi connectivity index (χ1) is 17.1. The predicted octanol–water partition coefficient (Wildman–Crippen LogP) is -0.0346. The second-order valence-corrected chi connectivity index (χ2v) is 8.33. The zero-order chi connectivity index (χ0) is 26.1. The topological polar surface area (TPSA) is 183 Å². The minimum Gasteiger partial charge on any atom is -0.504 e. The number of carbonyl (C=O) groups excluding carboxylic acids is 3. The Labute approximate surface area is 204 Å². The summed E-state index contributed by atoms with van der Waals surface area (Å²) in [6, 6.07) is 10.0. The van der Waals surface area contributed by atoms with E-state index in [0.29, 0.717) is 5.56 Å². The van der Waals surface area contributed by atoms with Crippen LogP contribution in [0.1, 0.15) is 20.7 Å². The van der Waals surface area contributed by atoms with Gasteiger partial charge in [-0.2, -0.15) is 0 Å². The van der Waals surface area contributed by atoms with Crippen molar-refractivity contribution < 1.29 is 49.4 Å². The van der Waals surface area contributed by atoms with Crippen molar-refractivity contribution in [2.45, 2.75) is 17.4 Å². The van der Waals surface area contributed by atoms with E-state index in [1.54, 1.807) is 30.3 Å². The van der Waals surface area contributed by atoms with Crippen molar-refractivity contribution in [3.63, 3.8) is 0 Å². The van der Waals surface area contributed by atoms with Crippen molar-refractivity contribution in [1.29, 1.82) is 0 Å². The van der Waals surface area contributed by atoms with E-state index < -0.39 is 71.8 Å². The molecule has 2 aromatic carbocycles. The Morgan fingerprint density at radius 2 is 1.67 bits per heavy atom. The lowest BCUT2D eigenvalue weighted by Crippen LogP contribution is -2.72. The normalized spacial score (nSPS) is 22.2. The van der Waals surface area contributed by atoms with E-state index in [4.69, 9.17) is 9.47 Å². The van der Waals surface area contributed by atoms with Gasteiger partial charge >= 0.3 is 0 Å². The molecule has 36 heavy (non-hydrogen) atoms. The molecule has 1 aliphatic carbocycles. The number of phenolic OH excluding ortho intramolecular Hbond substituents is 2. The van der Waals surface area contributed by atoms with E-state index in [0.717, 1.165) is 18.2 Å². The van der Waals surface area contributed by atoms with Crippen LogP contribution in [0.25, 0.3) is 0 Å². The molecule has 0 radical (unpaired) electrons. The van der Waals surface area contributed by atoms with Crippen molar-refractivity contribution in [2.75, 3.05) is 19.8 Å². The zero-order valence-electron chi connectivity index (χ0n) is 18.7. The second kappa shape index (κ2) is 9.55. The fourth-order valence-corrected chi connectivity index (χ4v) is 3.94. The summed E-state index contributed by atoms with van der Waals surface area (Å²) in [7, 11) is 0. The third kappa shape index (κ3) is 4.25. The fraction of sp³-hybridized carbons (Fsp3) is 0.240. The van der Waals surface area contributed by atoms with Gasteiger partial charge in [0, 0.05) is 11.1 Å². The highest BCUT2D eigenvalue weighted by Crippen LogP contribution is 2.40. The van der Waals surface area contributed by atoms with Crippen molar-refractivity contribution in [3.05, 3.63) is 77.5 Å². The van der Waals surface area contributed by atoms with E-state index >= 15 is 0 Å². The average molecular weight is 497 g/mol. The van der Waals surface area contributed by atoms with Crippen molar-refractivity contribution in [3.8, 4) is 17.2 Å². The third-order valence-corrected chi connectivity index (χ3v) is 5.96. The molecule has 1 saturated heterocycles. The lowest BCUT2D eigenvalue weighted by atomic mass is 9.83. The Morgan fingerprint density at radius 3 is 2.28 bits per heavy atom. The molecule has 1 fully saturated rings. The van der Waals surface area contributed by atoms with Gasteiger partial charge in [-0.3, -0.25) is 14.4 Å². The number of carbonyl (C=O) groups is 3. The Balaban J connectivity index is 1.61.